The molecule has 2 aliphatic heterocycles. The van der Waals surface area contributed by atoms with Crippen LogP contribution in [0.5, 0.6) is 0 Å². The van der Waals surface area contributed by atoms with Crippen LogP contribution in [0.2, 0.25) is 0 Å². The number of benzene rings is 1. The molecule has 1 amide bonds. The highest BCUT2D eigenvalue weighted by Gasteiger charge is 2.20. The van der Waals surface area contributed by atoms with Gasteiger partial charge in [-0.15, -0.1) is 0 Å². The number of carbonyl (C=O) groups excluding carboxylic acids is 1. The van der Waals surface area contributed by atoms with Gasteiger partial charge in [0.05, 0.1) is 13.2 Å². The fourth-order valence-corrected chi connectivity index (χ4v) is 2.83. The standard InChI is InChI=1S/C16H23N3O2/c1-17-6-8-19(9-7-17)16(20)14-2-4-15(5-3-14)18-10-12-21-13-11-18/h2-5H,6-13H2,1H3. The van der Waals surface area contributed by atoms with Gasteiger partial charge in [0.25, 0.3) is 5.91 Å². The number of nitrogens with zero attached hydrogens (tertiary/aromatic N) is 3. The maximum atomic E-state index is 12.5. The second kappa shape index (κ2) is 6.45. The Kier molecular flexibility index (Phi) is 4.41. The summed E-state index contributed by atoms with van der Waals surface area (Å²) in [4.78, 5) is 19.0. The Hall–Kier alpha value is -1.59. The van der Waals surface area contributed by atoms with Crippen molar-refractivity contribution in [3.8, 4) is 0 Å². The minimum absolute atomic E-state index is 0.150. The van der Waals surface area contributed by atoms with Crippen LogP contribution in [-0.4, -0.2) is 75.2 Å². The Morgan fingerprint density at radius 2 is 1.57 bits per heavy atom. The predicted molar refractivity (Wildman–Crippen MR) is 82.9 cm³/mol. The number of morpholine rings is 1. The molecule has 0 spiro atoms. The third-order valence-electron chi connectivity index (χ3n) is 4.28. The molecule has 2 saturated heterocycles. The Bertz CT molecular complexity index is 475. The molecule has 2 aliphatic rings. The molecule has 0 radical (unpaired) electrons. The van der Waals surface area contributed by atoms with Crippen molar-refractivity contribution in [1.82, 2.24) is 9.80 Å². The van der Waals surface area contributed by atoms with Crippen LogP contribution in [0.3, 0.4) is 0 Å². The normalized spacial score (nSPS) is 20.6. The van der Waals surface area contributed by atoms with E-state index >= 15 is 0 Å². The third-order valence-corrected chi connectivity index (χ3v) is 4.28. The van der Waals surface area contributed by atoms with Crippen molar-refractivity contribution in [1.29, 1.82) is 0 Å². The SMILES string of the molecule is CN1CCN(C(=O)c2ccc(N3CCOCC3)cc2)CC1. The number of ether oxygens (including phenoxy) is 1. The van der Waals surface area contributed by atoms with Crippen LogP contribution in [0.25, 0.3) is 0 Å². The average molecular weight is 289 g/mol. The van der Waals surface area contributed by atoms with E-state index in [2.05, 4.69) is 29.0 Å². The fraction of sp³-hybridized carbons (Fsp3) is 0.562. The first-order valence-corrected chi connectivity index (χ1v) is 7.64. The van der Waals surface area contributed by atoms with E-state index in [9.17, 15) is 4.79 Å². The molecule has 1 aromatic rings. The molecule has 21 heavy (non-hydrogen) atoms. The average Bonchev–Trinajstić information content (AvgIpc) is 2.56. The van der Waals surface area contributed by atoms with Gasteiger partial charge in [-0.3, -0.25) is 4.79 Å². The maximum Gasteiger partial charge on any atom is 0.253 e. The summed E-state index contributed by atoms with van der Waals surface area (Å²) in [7, 11) is 2.10. The van der Waals surface area contributed by atoms with Gasteiger partial charge in [0.1, 0.15) is 0 Å². The Balaban J connectivity index is 1.64. The van der Waals surface area contributed by atoms with Gasteiger partial charge in [-0.1, -0.05) is 0 Å². The zero-order valence-corrected chi connectivity index (χ0v) is 12.6. The van der Waals surface area contributed by atoms with E-state index < -0.39 is 0 Å². The van der Waals surface area contributed by atoms with Crippen LogP contribution in [0.4, 0.5) is 5.69 Å². The topological polar surface area (TPSA) is 36.0 Å². The van der Waals surface area contributed by atoms with E-state index in [1.807, 2.05) is 17.0 Å². The summed E-state index contributed by atoms with van der Waals surface area (Å²) in [6, 6.07) is 8.00. The molecule has 0 N–H and O–H groups in total. The Morgan fingerprint density at radius 3 is 2.19 bits per heavy atom. The summed E-state index contributed by atoms with van der Waals surface area (Å²) in [5.74, 6) is 0.150. The van der Waals surface area contributed by atoms with Gasteiger partial charge >= 0.3 is 0 Å². The summed E-state index contributed by atoms with van der Waals surface area (Å²) in [6.45, 7) is 6.96. The van der Waals surface area contributed by atoms with Crippen LogP contribution in [0, 0.1) is 0 Å². The predicted octanol–water partition coefficient (Wildman–Crippen LogP) is 0.911. The molecule has 5 nitrogen and oxygen atoms in total. The van der Waals surface area contributed by atoms with Crippen molar-refractivity contribution >= 4 is 11.6 Å². The van der Waals surface area contributed by atoms with Gasteiger partial charge in [-0.2, -0.15) is 0 Å². The molecule has 0 aliphatic carbocycles. The zero-order chi connectivity index (χ0) is 14.7. The molecule has 0 atom stereocenters. The quantitative estimate of drug-likeness (QED) is 0.811. The minimum Gasteiger partial charge on any atom is -0.378 e. The molecule has 0 saturated carbocycles. The highest BCUT2D eigenvalue weighted by Crippen LogP contribution is 2.18. The number of amides is 1. The van der Waals surface area contributed by atoms with Gasteiger partial charge in [-0.05, 0) is 31.3 Å². The molecule has 114 valence electrons. The lowest BCUT2D eigenvalue weighted by Crippen LogP contribution is -2.47. The van der Waals surface area contributed by atoms with Gasteiger partial charge in [0, 0.05) is 50.5 Å². The molecule has 5 heteroatoms. The summed E-state index contributed by atoms with van der Waals surface area (Å²) in [5.41, 5.74) is 1.96. The minimum atomic E-state index is 0.150. The lowest BCUT2D eigenvalue weighted by molar-refractivity contribution is 0.0664. The van der Waals surface area contributed by atoms with Crippen molar-refractivity contribution in [2.24, 2.45) is 0 Å². The Morgan fingerprint density at radius 1 is 0.952 bits per heavy atom. The Labute approximate surface area is 126 Å². The number of piperazine rings is 1. The lowest BCUT2D eigenvalue weighted by Gasteiger charge is -2.32. The van der Waals surface area contributed by atoms with E-state index in [1.54, 1.807) is 0 Å². The first-order valence-electron chi connectivity index (χ1n) is 7.64. The van der Waals surface area contributed by atoms with Crippen molar-refractivity contribution in [3.63, 3.8) is 0 Å². The number of likely N-dealkylation sites (N-methyl/N-ethyl adjacent to an activating group) is 1. The van der Waals surface area contributed by atoms with E-state index in [1.165, 1.54) is 5.69 Å². The first-order chi connectivity index (χ1) is 10.2. The maximum absolute atomic E-state index is 12.5. The monoisotopic (exact) mass is 289 g/mol. The summed E-state index contributed by atoms with van der Waals surface area (Å²) >= 11 is 0. The number of rotatable bonds is 2. The van der Waals surface area contributed by atoms with Crippen molar-refractivity contribution in [3.05, 3.63) is 29.8 Å². The summed E-state index contributed by atoms with van der Waals surface area (Å²) in [5, 5.41) is 0. The van der Waals surface area contributed by atoms with Crippen LogP contribution >= 0.6 is 0 Å². The van der Waals surface area contributed by atoms with E-state index in [0.717, 1.165) is 58.0 Å². The van der Waals surface area contributed by atoms with Gasteiger partial charge in [0.2, 0.25) is 0 Å². The van der Waals surface area contributed by atoms with E-state index in [4.69, 9.17) is 4.74 Å². The summed E-state index contributed by atoms with van der Waals surface area (Å²) < 4.78 is 5.36. The second-order valence-corrected chi connectivity index (χ2v) is 5.74. The van der Waals surface area contributed by atoms with Gasteiger partial charge < -0.3 is 19.4 Å². The molecule has 2 fully saturated rings. The fourth-order valence-electron chi connectivity index (χ4n) is 2.83. The number of hydrogen-bond donors (Lipinski definition) is 0. The molecular formula is C16H23N3O2. The van der Waals surface area contributed by atoms with Crippen LogP contribution in [-0.2, 0) is 4.74 Å². The molecule has 1 aromatic carbocycles. The number of carbonyl (C=O) groups is 1. The second-order valence-electron chi connectivity index (χ2n) is 5.74. The van der Waals surface area contributed by atoms with Crippen molar-refractivity contribution < 1.29 is 9.53 Å². The van der Waals surface area contributed by atoms with E-state index in [0.29, 0.717) is 0 Å². The third kappa shape index (κ3) is 3.36. The summed E-state index contributed by atoms with van der Waals surface area (Å²) in [6.07, 6.45) is 0. The van der Waals surface area contributed by atoms with E-state index in [-0.39, 0.29) is 5.91 Å². The highest BCUT2D eigenvalue weighted by atomic mass is 16.5. The van der Waals surface area contributed by atoms with Crippen LogP contribution < -0.4 is 4.90 Å². The molecule has 3 rings (SSSR count). The van der Waals surface area contributed by atoms with Crippen LogP contribution in [0.1, 0.15) is 10.4 Å². The highest BCUT2D eigenvalue weighted by molar-refractivity contribution is 5.94. The number of anilines is 1. The largest absolute Gasteiger partial charge is 0.378 e. The molecule has 2 heterocycles. The zero-order valence-electron chi connectivity index (χ0n) is 12.6. The molecule has 0 unspecified atom stereocenters. The molecule has 0 bridgehead atoms. The van der Waals surface area contributed by atoms with Gasteiger partial charge in [0.15, 0.2) is 0 Å². The van der Waals surface area contributed by atoms with Crippen molar-refractivity contribution in [2.45, 2.75) is 0 Å². The smallest absolute Gasteiger partial charge is 0.253 e. The van der Waals surface area contributed by atoms with Crippen molar-refractivity contribution in [2.75, 3.05) is 64.4 Å². The van der Waals surface area contributed by atoms with Gasteiger partial charge in [-0.25, -0.2) is 0 Å². The lowest BCUT2D eigenvalue weighted by atomic mass is 10.1. The molecular weight excluding hydrogens is 266 g/mol. The number of hydrogen-bond acceptors (Lipinski definition) is 4. The first kappa shape index (κ1) is 14.4. The van der Waals surface area contributed by atoms with Crippen LogP contribution in [0.15, 0.2) is 24.3 Å². The molecule has 0 aromatic heterocycles.